The molecule has 1 aliphatic carbocycles. The van der Waals surface area contributed by atoms with Crippen molar-refractivity contribution in [3.63, 3.8) is 0 Å². The van der Waals surface area contributed by atoms with Crippen LogP contribution in [0.25, 0.3) is 10.2 Å². The third-order valence-electron chi connectivity index (χ3n) is 4.38. The molecule has 1 saturated carbocycles. The third-order valence-corrected chi connectivity index (χ3v) is 5.13. The van der Waals surface area contributed by atoms with E-state index in [1.807, 2.05) is 6.92 Å². The molecule has 5 heteroatoms. The van der Waals surface area contributed by atoms with Crippen molar-refractivity contribution in [2.24, 2.45) is 5.92 Å². The maximum Gasteiger partial charge on any atom is 0.149 e. The first-order chi connectivity index (χ1) is 10.0. The van der Waals surface area contributed by atoms with Gasteiger partial charge < -0.3 is 5.32 Å². The Bertz CT molecular complexity index is 626. The fraction of sp³-hybridized carbons (Fsp3) is 0.688. The average molecular weight is 304 g/mol. The monoisotopic (exact) mass is 304 g/mol. The van der Waals surface area contributed by atoms with Crippen LogP contribution in [0, 0.1) is 12.8 Å². The SMILES string of the molecule is Cc1nc(NC2CCC(C)CC2)c2c(C(C)C)nsc2n1. The molecule has 2 aromatic heterocycles. The zero-order chi connectivity index (χ0) is 15.0. The summed E-state index contributed by atoms with van der Waals surface area (Å²) in [7, 11) is 0. The molecular formula is C16H24N4S. The largest absolute Gasteiger partial charge is 0.367 e. The van der Waals surface area contributed by atoms with Crippen molar-refractivity contribution in [2.45, 2.75) is 65.3 Å². The molecule has 0 radical (unpaired) electrons. The third kappa shape index (κ3) is 3.03. The summed E-state index contributed by atoms with van der Waals surface area (Å²) in [6, 6.07) is 0.540. The average Bonchev–Trinajstić information content (AvgIpc) is 2.85. The molecule has 0 saturated heterocycles. The summed E-state index contributed by atoms with van der Waals surface area (Å²) in [6.45, 7) is 8.67. The summed E-state index contributed by atoms with van der Waals surface area (Å²) < 4.78 is 4.60. The van der Waals surface area contributed by atoms with E-state index in [1.165, 1.54) is 37.2 Å². The number of fused-ring (bicyclic) bond motifs is 1. The lowest BCUT2D eigenvalue weighted by Crippen LogP contribution is -2.26. The highest BCUT2D eigenvalue weighted by atomic mass is 32.1. The van der Waals surface area contributed by atoms with E-state index in [-0.39, 0.29) is 0 Å². The molecule has 0 unspecified atom stereocenters. The summed E-state index contributed by atoms with van der Waals surface area (Å²) in [5.74, 6) is 3.09. The predicted octanol–water partition coefficient (Wildman–Crippen LogP) is 4.51. The van der Waals surface area contributed by atoms with Gasteiger partial charge in [0, 0.05) is 6.04 Å². The Labute approximate surface area is 130 Å². The van der Waals surface area contributed by atoms with Gasteiger partial charge in [-0.1, -0.05) is 20.8 Å². The quantitative estimate of drug-likeness (QED) is 0.906. The summed E-state index contributed by atoms with van der Waals surface area (Å²) in [4.78, 5) is 10.2. The number of hydrogen-bond donors (Lipinski definition) is 1. The first-order valence-corrected chi connectivity index (χ1v) is 8.72. The van der Waals surface area contributed by atoms with Crippen LogP contribution in [0.1, 0.15) is 63.9 Å². The van der Waals surface area contributed by atoms with Crippen molar-refractivity contribution in [1.82, 2.24) is 14.3 Å². The Kier molecular flexibility index (Phi) is 4.11. The summed E-state index contributed by atoms with van der Waals surface area (Å²) in [5.41, 5.74) is 1.13. The van der Waals surface area contributed by atoms with Crippen molar-refractivity contribution < 1.29 is 0 Å². The first-order valence-electron chi connectivity index (χ1n) is 7.95. The standard InChI is InChI=1S/C16H24N4S/c1-9(2)14-13-15(17-11(4)18-16(13)21-20-14)19-12-7-5-10(3)6-8-12/h9-10,12H,5-8H2,1-4H3,(H,17,18,19). The zero-order valence-corrected chi connectivity index (χ0v) is 14.1. The van der Waals surface area contributed by atoms with Gasteiger partial charge in [0.15, 0.2) is 0 Å². The second-order valence-corrected chi connectivity index (χ2v) is 7.38. The molecule has 21 heavy (non-hydrogen) atoms. The lowest BCUT2D eigenvalue weighted by molar-refractivity contribution is 0.361. The molecule has 3 rings (SSSR count). The van der Waals surface area contributed by atoms with Crippen molar-refractivity contribution >= 4 is 27.6 Å². The highest BCUT2D eigenvalue weighted by Gasteiger charge is 2.22. The minimum absolute atomic E-state index is 0.400. The Balaban J connectivity index is 1.94. The number of nitrogens with zero attached hydrogens (tertiary/aromatic N) is 3. The van der Waals surface area contributed by atoms with Crippen LogP contribution >= 0.6 is 11.5 Å². The van der Waals surface area contributed by atoms with Gasteiger partial charge in [0.05, 0.1) is 11.1 Å². The number of nitrogens with one attached hydrogen (secondary N) is 1. The molecule has 114 valence electrons. The van der Waals surface area contributed by atoms with Crippen molar-refractivity contribution in [3.05, 3.63) is 11.5 Å². The van der Waals surface area contributed by atoms with Gasteiger partial charge in [-0.15, -0.1) is 0 Å². The number of rotatable bonds is 3. The van der Waals surface area contributed by atoms with Crippen LogP contribution in [-0.2, 0) is 0 Å². The lowest BCUT2D eigenvalue weighted by Gasteiger charge is -2.27. The van der Waals surface area contributed by atoms with Crippen molar-refractivity contribution in [3.8, 4) is 0 Å². The smallest absolute Gasteiger partial charge is 0.149 e. The maximum absolute atomic E-state index is 4.67. The Morgan fingerprint density at radius 2 is 1.86 bits per heavy atom. The molecule has 1 fully saturated rings. The summed E-state index contributed by atoms with van der Waals surface area (Å²) in [5, 5.41) is 4.82. The van der Waals surface area contributed by atoms with E-state index in [4.69, 9.17) is 0 Å². The minimum atomic E-state index is 0.400. The Hall–Kier alpha value is -1.23. The van der Waals surface area contributed by atoms with E-state index in [0.29, 0.717) is 12.0 Å². The molecule has 2 aromatic rings. The molecule has 0 atom stereocenters. The minimum Gasteiger partial charge on any atom is -0.367 e. The van der Waals surface area contributed by atoms with Crippen LogP contribution in [0.2, 0.25) is 0 Å². The second-order valence-electron chi connectivity index (χ2n) is 6.62. The summed E-state index contributed by atoms with van der Waals surface area (Å²) in [6.07, 6.45) is 5.09. The second kappa shape index (κ2) is 5.87. The molecule has 0 bridgehead atoms. The number of anilines is 1. The highest BCUT2D eigenvalue weighted by Crippen LogP contribution is 2.33. The van der Waals surface area contributed by atoms with E-state index in [9.17, 15) is 0 Å². The topological polar surface area (TPSA) is 50.7 Å². The van der Waals surface area contributed by atoms with Crippen LogP contribution in [-0.4, -0.2) is 20.4 Å². The van der Waals surface area contributed by atoms with E-state index in [0.717, 1.165) is 33.5 Å². The summed E-state index contributed by atoms with van der Waals surface area (Å²) >= 11 is 1.49. The van der Waals surface area contributed by atoms with Crippen LogP contribution in [0.15, 0.2) is 0 Å². The van der Waals surface area contributed by atoms with Gasteiger partial charge in [-0.05, 0) is 56.0 Å². The van der Waals surface area contributed by atoms with E-state index >= 15 is 0 Å². The molecule has 0 aromatic carbocycles. The van der Waals surface area contributed by atoms with Crippen LogP contribution in [0.4, 0.5) is 5.82 Å². The normalized spacial score (nSPS) is 22.9. The van der Waals surface area contributed by atoms with Crippen LogP contribution in [0.5, 0.6) is 0 Å². The van der Waals surface area contributed by atoms with Gasteiger partial charge in [0.25, 0.3) is 0 Å². The first kappa shape index (κ1) is 14.7. The van der Waals surface area contributed by atoms with E-state index < -0.39 is 0 Å². The lowest BCUT2D eigenvalue weighted by atomic mass is 9.87. The fourth-order valence-electron chi connectivity index (χ4n) is 3.08. The number of aromatic nitrogens is 3. The molecule has 1 N–H and O–H groups in total. The maximum atomic E-state index is 4.67. The van der Waals surface area contributed by atoms with Gasteiger partial charge in [-0.25, -0.2) is 9.97 Å². The molecule has 0 spiro atoms. The van der Waals surface area contributed by atoms with Crippen molar-refractivity contribution in [1.29, 1.82) is 0 Å². The molecule has 1 aliphatic rings. The fourth-order valence-corrected chi connectivity index (χ4v) is 4.03. The van der Waals surface area contributed by atoms with E-state index in [2.05, 4.69) is 40.4 Å². The van der Waals surface area contributed by atoms with Gasteiger partial charge in [0.2, 0.25) is 0 Å². The van der Waals surface area contributed by atoms with Crippen LogP contribution < -0.4 is 5.32 Å². The highest BCUT2D eigenvalue weighted by molar-refractivity contribution is 7.13. The predicted molar refractivity (Wildman–Crippen MR) is 89.1 cm³/mol. The molecular weight excluding hydrogens is 280 g/mol. The van der Waals surface area contributed by atoms with Crippen LogP contribution in [0.3, 0.4) is 0 Å². The molecule has 4 nitrogen and oxygen atoms in total. The van der Waals surface area contributed by atoms with Gasteiger partial charge in [0.1, 0.15) is 16.5 Å². The number of aryl methyl sites for hydroxylation is 1. The van der Waals surface area contributed by atoms with E-state index in [1.54, 1.807) is 0 Å². The van der Waals surface area contributed by atoms with Gasteiger partial charge in [-0.3, -0.25) is 0 Å². The molecule has 0 amide bonds. The van der Waals surface area contributed by atoms with Crippen molar-refractivity contribution in [2.75, 3.05) is 5.32 Å². The zero-order valence-electron chi connectivity index (χ0n) is 13.3. The molecule has 0 aliphatic heterocycles. The molecule has 2 heterocycles. The Morgan fingerprint density at radius 1 is 1.14 bits per heavy atom. The number of hydrogen-bond acceptors (Lipinski definition) is 5. The Morgan fingerprint density at radius 3 is 2.52 bits per heavy atom. The van der Waals surface area contributed by atoms with Gasteiger partial charge >= 0.3 is 0 Å². The van der Waals surface area contributed by atoms with Gasteiger partial charge in [-0.2, -0.15) is 4.37 Å².